The molecular formula is C66H78BN3O. The Morgan fingerprint density at radius 3 is 1.96 bits per heavy atom. The van der Waals surface area contributed by atoms with Gasteiger partial charge in [-0.05, 0) is 157 Å². The van der Waals surface area contributed by atoms with Gasteiger partial charge in [-0.15, -0.1) is 0 Å². The van der Waals surface area contributed by atoms with Crippen LogP contribution in [0.4, 0.5) is 28.4 Å². The van der Waals surface area contributed by atoms with Gasteiger partial charge in [0.15, 0.2) is 0 Å². The Hall–Kier alpha value is -5.73. The molecule has 0 N–H and O–H groups in total. The third kappa shape index (κ3) is 8.02. The summed E-state index contributed by atoms with van der Waals surface area (Å²) in [5.74, 6) is 0.318. The van der Waals surface area contributed by atoms with E-state index >= 15 is 0 Å². The summed E-state index contributed by atoms with van der Waals surface area (Å²) in [4.78, 5) is 5.13. The number of nitriles is 1. The molecule has 1 saturated carbocycles. The van der Waals surface area contributed by atoms with Gasteiger partial charge in [-0.2, -0.15) is 5.26 Å². The van der Waals surface area contributed by atoms with Crippen molar-refractivity contribution in [1.82, 2.24) is 0 Å². The Bertz CT molecular complexity index is 3230. The van der Waals surface area contributed by atoms with Crippen molar-refractivity contribution in [3.8, 4) is 6.07 Å². The number of fused-ring (bicyclic) bond motifs is 8. The molecule has 71 heavy (non-hydrogen) atoms. The second-order valence-electron chi connectivity index (χ2n) is 26.5. The minimum absolute atomic E-state index is 0.00413. The summed E-state index contributed by atoms with van der Waals surface area (Å²) in [7, 11) is 0. The van der Waals surface area contributed by atoms with Crippen LogP contribution < -0.4 is 26.4 Å². The van der Waals surface area contributed by atoms with Crippen molar-refractivity contribution < 1.29 is 4.42 Å². The molecule has 0 amide bonds. The lowest BCUT2D eigenvalue weighted by atomic mass is 9.35. The number of anilines is 5. The maximum Gasteiger partial charge on any atom is 0.297 e. The highest BCUT2D eigenvalue weighted by atomic mass is 16.3. The Kier molecular flexibility index (Phi) is 11.5. The molecule has 2 aliphatic carbocycles. The lowest BCUT2D eigenvalue weighted by Gasteiger charge is -2.49. The number of furan rings is 1. The van der Waals surface area contributed by atoms with Crippen molar-refractivity contribution in [2.45, 2.75) is 170 Å². The van der Waals surface area contributed by atoms with E-state index < -0.39 is 0 Å². The van der Waals surface area contributed by atoms with E-state index in [1.165, 1.54) is 61.1 Å². The normalized spacial score (nSPS) is 20.1. The standard InChI is InChI=1S/C66H78BN3O/c1-17-43(44-21-19-18-20-22-44)38-50-48(63(9,10)30-31-65(50,13)14)29-34-69-53-36-42(40-68)37-54-57(53)67(51-26-25-49-56(59(51)69)66(15,16)33-32-64(49,11)12)60-58(47-39-46(62(6,7)8)24-28-55(47)71-60)70(54)52-27-23-45(35-41(52)2)61(3,4)5/h18-29,35-39,43H,17,30-34H2,1-16H3/b48-29+,50-38+. The number of nitrogens with zero attached hydrogens (tertiary/aromatic N) is 3. The van der Waals surface area contributed by atoms with Crippen LogP contribution in [0.5, 0.6) is 0 Å². The maximum atomic E-state index is 11.2. The van der Waals surface area contributed by atoms with E-state index in [1.807, 2.05) is 0 Å². The second-order valence-corrected chi connectivity index (χ2v) is 26.5. The number of benzene rings is 5. The Labute approximate surface area is 427 Å². The van der Waals surface area contributed by atoms with Crippen LogP contribution in [0.15, 0.2) is 119 Å². The SMILES string of the molecule is CCC(/C=C1\C(=C/CN2c3cc(C#N)cc4c3B(c3ccc5c(c32)C(C)(C)CCC5(C)C)c2oc3ccc(C(C)(C)C)cc3c2N4c2ccc(C(C)(C)C)cc2C)C(C)(C)CCC1(C)C)c1ccccc1. The summed E-state index contributed by atoms with van der Waals surface area (Å²) in [6.07, 6.45) is 10.8. The van der Waals surface area contributed by atoms with Gasteiger partial charge in [-0.25, -0.2) is 0 Å². The minimum atomic E-state index is -0.194. The molecule has 4 aliphatic rings. The molecule has 1 aromatic heterocycles. The molecule has 3 heterocycles. The summed E-state index contributed by atoms with van der Waals surface area (Å²) in [5.41, 5.74) is 21.4. The highest BCUT2D eigenvalue weighted by Crippen LogP contribution is 2.55. The quantitative estimate of drug-likeness (QED) is 0.156. The van der Waals surface area contributed by atoms with Crippen LogP contribution in [0.1, 0.15) is 181 Å². The summed E-state index contributed by atoms with van der Waals surface area (Å²) < 4.78 is 7.42. The van der Waals surface area contributed by atoms with Crippen molar-refractivity contribution in [3.05, 3.63) is 153 Å². The van der Waals surface area contributed by atoms with E-state index in [2.05, 4.69) is 230 Å². The van der Waals surface area contributed by atoms with Crippen LogP contribution in [0.2, 0.25) is 0 Å². The van der Waals surface area contributed by atoms with E-state index in [9.17, 15) is 5.26 Å². The maximum absolute atomic E-state index is 11.2. The number of allylic oxidation sites excluding steroid dienone is 3. The van der Waals surface area contributed by atoms with Gasteiger partial charge in [0.2, 0.25) is 0 Å². The number of aryl methyl sites for hydroxylation is 1. The predicted octanol–water partition coefficient (Wildman–Crippen LogP) is 16.2. The molecule has 5 aromatic carbocycles. The smallest absolute Gasteiger partial charge is 0.297 e. The first-order chi connectivity index (χ1) is 33.3. The van der Waals surface area contributed by atoms with Crippen molar-refractivity contribution >= 4 is 62.7 Å². The highest BCUT2D eigenvalue weighted by molar-refractivity contribution is 7.00. The molecule has 4 nitrogen and oxygen atoms in total. The third-order valence-corrected chi connectivity index (χ3v) is 17.6. The van der Waals surface area contributed by atoms with Gasteiger partial charge in [0.1, 0.15) is 5.58 Å². The van der Waals surface area contributed by atoms with Crippen LogP contribution in [0.25, 0.3) is 11.0 Å². The fourth-order valence-electron chi connectivity index (χ4n) is 13.0. The van der Waals surface area contributed by atoms with E-state index in [1.54, 1.807) is 0 Å². The van der Waals surface area contributed by atoms with Crippen molar-refractivity contribution in [2.24, 2.45) is 10.8 Å². The highest BCUT2D eigenvalue weighted by Gasteiger charge is 2.51. The van der Waals surface area contributed by atoms with Gasteiger partial charge in [0, 0.05) is 40.6 Å². The molecule has 10 rings (SSSR count). The van der Waals surface area contributed by atoms with Gasteiger partial charge < -0.3 is 14.2 Å². The zero-order valence-corrected chi connectivity index (χ0v) is 46.0. The molecule has 1 unspecified atom stereocenters. The summed E-state index contributed by atoms with van der Waals surface area (Å²) >= 11 is 0. The van der Waals surface area contributed by atoms with Crippen molar-refractivity contribution in [3.63, 3.8) is 0 Å². The fourth-order valence-corrected chi connectivity index (χ4v) is 13.0. The molecule has 1 fully saturated rings. The van der Waals surface area contributed by atoms with E-state index in [0.29, 0.717) is 18.0 Å². The van der Waals surface area contributed by atoms with Gasteiger partial charge in [0.25, 0.3) is 6.71 Å². The first kappa shape index (κ1) is 48.9. The molecule has 1 atom stereocenters. The summed E-state index contributed by atoms with van der Waals surface area (Å²) in [6, 6.07) is 37.0. The average molecular weight is 940 g/mol. The fraction of sp³-hybridized carbons (Fsp3) is 0.439. The molecule has 5 heteroatoms. The van der Waals surface area contributed by atoms with E-state index in [-0.39, 0.29) is 39.2 Å². The lowest BCUT2D eigenvalue weighted by molar-refractivity contribution is 0.258. The van der Waals surface area contributed by atoms with E-state index in [4.69, 9.17) is 4.42 Å². The molecular weight excluding hydrogens is 862 g/mol. The molecule has 0 saturated heterocycles. The molecule has 0 radical (unpaired) electrons. The minimum Gasteiger partial charge on any atom is -0.468 e. The van der Waals surface area contributed by atoms with Gasteiger partial charge in [-0.3, -0.25) is 0 Å². The summed E-state index contributed by atoms with van der Waals surface area (Å²) in [6.45, 7) is 38.5. The Balaban J connectivity index is 1.29. The number of hydrogen-bond acceptors (Lipinski definition) is 4. The van der Waals surface area contributed by atoms with Crippen LogP contribution in [0.3, 0.4) is 0 Å². The monoisotopic (exact) mass is 940 g/mol. The van der Waals surface area contributed by atoms with Crippen LogP contribution >= 0.6 is 0 Å². The summed E-state index contributed by atoms with van der Waals surface area (Å²) in [5, 5.41) is 12.3. The predicted molar refractivity (Wildman–Crippen MR) is 304 cm³/mol. The second kappa shape index (κ2) is 16.7. The van der Waals surface area contributed by atoms with Crippen molar-refractivity contribution in [1.29, 1.82) is 5.26 Å². The number of hydrogen-bond donors (Lipinski definition) is 0. The van der Waals surface area contributed by atoms with Gasteiger partial charge in [-0.1, -0.05) is 177 Å². The molecule has 366 valence electrons. The zero-order chi connectivity index (χ0) is 51.0. The first-order valence-corrected chi connectivity index (χ1v) is 26.8. The largest absolute Gasteiger partial charge is 0.468 e. The molecule has 2 aliphatic heterocycles. The zero-order valence-electron chi connectivity index (χ0n) is 46.0. The average Bonchev–Trinajstić information content (AvgIpc) is 3.69. The first-order valence-electron chi connectivity index (χ1n) is 26.8. The van der Waals surface area contributed by atoms with Gasteiger partial charge >= 0.3 is 0 Å². The molecule has 0 spiro atoms. The van der Waals surface area contributed by atoms with E-state index in [0.717, 1.165) is 71.5 Å². The van der Waals surface area contributed by atoms with Crippen molar-refractivity contribution in [2.75, 3.05) is 16.3 Å². The van der Waals surface area contributed by atoms with Crippen LogP contribution in [-0.2, 0) is 21.7 Å². The van der Waals surface area contributed by atoms with Crippen LogP contribution in [0, 0.1) is 29.1 Å². The lowest BCUT2D eigenvalue weighted by Crippen LogP contribution is -2.62. The Morgan fingerprint density at radius 1 is 0.690 bits per heavy atom. The molecule has 0 bridgehead atoms. The van der Waals surface area contributed by atoms with Crippen LogP contribution in [-0.4, -0.2) is 13.3 Å². The third-order valence-electron chi connectivity index (χ3n) is 17.6. The topological polar surface area (TPSA) is 43.4 Å². The van der Waals surface area contributed by atoms with Gasteiger partial charge in [0.05, 0.1) is 23.0 Å². The number of rotatable bonds is 6. The molecule has 6 aromatic rings. The Morgan fingerprint density at radius 2 is 1.31 bits per heavy atom.